The van der Waals surface area contributed by atoms with Crippen LogP contribution in [0, 0.1) is 6.92 Å². The number of sulfonamides is 1. The van der Waals surface area contributed by atoms with Crippen molar-refractivity contribution in [1.29, 1.82) is 0 Å². The Bertz CT molecular complexity index is 1130. The van der Waals surface area contributed by atoms with Crippen molar-refractivity contribution in [2.45, 2.75) is 43.0 Å². The van der Waals surface area contributed by atoms with Crippen molar-refractivity contribution in [1.82, 2.24) is 9.71 Å². The first-order chi connectivity index (χ1) is 12.4. The van der Waals surface area contributed by atoms with Crippen LogP contribution >= 0.6 is 11.3 Å². The van der Waals surface area contributed by atoms with Gasteiger partial charge < -0.3 is 4.42 Å². The number of nitrogens with one attached hydrogen (secondary N) is 1. The standard InChI is InChI=1S/C18H18N2O4S2/c1-12-11-25-17(19-12)18(8-2-3-9-18)20-26(22,23)14-5-6-15-13(10-14)4-7-16(21)24-15/h4-7,10-11,20H,2-3,8-9H2,1H3. The molecule has 6 nitrogen and oxygen atoms in total. The van der Waals surface area contributed by atoms with Gasteiger partial charge in [0.1, 0.15) is 10.6 Å². The zero-order valence-corrected chi connectivity index (χ0v) is 15.8. The smallest absolute Gasteiger partial charge is 0.336 e. The third-order valence-corrected chi connectivity index (χ3v) is 7.41. The second kappa shape index (κ2) is 6.29. The van der Waals surface area contributed by atoms with Crippen LogP contribution in [0.1, 0.15) is 36.4 Å². The fourth-order valence-electron chi connectivity index (χ4n) is 3.45. The third kappa shape index (κ3) is 3.08. The van der Waals surface area contributed by atoms with Gasteiger partial charge in [0.2, 0.25) is 10.0 Å². The van der Waals surface area contributed by atoms with E-state index < -0.39 is 21.2 Å². The number of aryl methyl sites for hydroxylation is 1. The summed E-state index contributed by atoms with van der Waals surface area (Å²) in [5, 5.41) is 3.34. The van der Waals surface area contributed by atoms with E-state index in [1.54, 1.807) is 6.07 Å². The number of hydrogen-bond donors (Lipinski definition) is 1. The summed E-state index contributed by atoms with van der Waals surface area (Å²) in [6.45, 7) is 1.91. The van der Waals surface area contributed by atoms with Crippen molar-refractivity contribution in [3.8, 4) is 0 Å². The average molecular weight is 390 g/mol. The summed E-state index contributed by atoms with van der Waals surface area (Å²) in [6.07, 6.45) is 3.40. The van der Waals surface area contributed by atoms with E-state index in [2.05, 4.69) is 9.71 Å². The van der Waals surface area contributed by atoms with Crippen LogP contribution in [0.15, 0.2) is 49.8 Å². The van der Waals surface area contributed by atoms with Crippen molar-refractivity contribution in [3.05, 3.63) is 56.8 Å². The van der Waals surface area contributed by atoms with Gasteiger partial charge in [0.25, 0.3) is 0 Å². The molecule has 2 aromatic heterocycles. The molecule has 0 atom stereocenters. The van der Waals surface area contributed by atoms with E-state index in [0.29, 0.717) is 11.0 Å². The van der Waals surface area contributed by atoms with Crippen molar-refractivity contribution in [2.75, 3.05) is 0 Å². The molecule has 0 aliphatic heterocycles. The maximum Gasteiger partial charge on any atom is 0.336 e. The van der Waals surface area contributed by atoms with Crippen LogP contribution in [0.4, 0.5) is 0 Å². The second-order valence-electron chi connectivity index (χ2n) is 6.64. The average Bonchev–Trinajstić information content (AvgIpc) is 3.24. The maximum absolute atomic E-state index is 13.1. The molecule has 0 saturated heterocycles. The highest BCUT2D eigenvalue weighted by molar-refractivity contribution is 7.89. The Morgan fingerprint density at radius 2 is 1.96 bits per heavy atom. The lowest BCUT2D eigenvalue weighted by Gasteiger charge is -2.27. The fourth-order valence-corrected chi connectivity index (χ4v) is 5.98. The Hall–Kier alpha value is -2.03. The lowest BCUT2D eigenvalue weighted by Crippen LogP contribution is -2.43. The molecule has 0 radical (unpaired) electrons. The summed E-state index contributed by atoms with van der Waals surface area (Å²) in [5.74, 6) is 0. The van der Waals surface area contributed by atoms with E-state index in [1.165, 1.54) is 35.6 Å². The number of fused-ring (bicyclic) bond motifs is 1. The Labute approximate surface area is 154 Å². The molecule has 0 spiro atoms. The van der Waals surface area contributed by atoms with Gasteiger partial charge in [-0.05, 0) is 44.0 Å². The van der Waals surface area contributed by atoms with E-state index >= 15 is 0 Å². The van der Waals surface area contributed by atoms with Gasteiger partial charge in [0, 0.05) is 22.5 Å². The number of aromatic nitrogens is 1. The molecule has 3 aromatic rings. The molecule has 2 heterocycles. The molecule has 0 unspecified atom stereocenters. The number of nitrogens with zero attached hydrogens (tertiary/aromatic N) is 1. The third-order valence-electron chi connectivity index (χ3n) is 4.72. The predicted molar refractivity (Wildman–Crippen MR) is 99.8 cm³/mol. The maximum atomic E-state index is 13.1. The highest BCUT2D eigenvalue weighted by Crippen LogP contribution is 2.41. The largest absolute Gasteiger partial charge is 0.423 e. The molecule has 1 fully saturated rings. The zero-order valence-electron chi connectivity index (χ0n) is 14.2. The Morgan fingerprint density at radius 3 is 2.65 bits per heavy atom. The van der Waals surface area contributed by atoms with E-state index in [4.69, 9.17) is 4.42 Å². The van der Waals surface area contributed by atoms with Crippen LogP contribution in [0.2, 0.25) is 0 Å². The highest BCUT2D eigenvalue weighted by atomic mass is 32.2. The molecule has 1 aliphatic carbocycles. The lowest BCUT2D eigenvalue weighted by atomic mass is 10.0. The van der Waals surface area contributed by atoms with Gasteiger partial charge in [0.15, 0.2) is 0 Å². The summed E-state index contributed by atoms with van der Waals surface area (Å²) in [6, 6.07) is 7.35. The molecular weight excluding hydrogens is 372 g/mol. The molecule has 8 heteroatoms. The summed E-state index contributed by atoms with van der Waals surface area (Å²) in [4.78, 5) is 16.0. The highest BCUT2D eigenvalue weighted by Gasteiger charge is 2.41. The van der Waals surface area contributed by atoms with Crippen LogP contribution in [-0.2, 0) is 15.6 Å². The Morgan fingerprint density at radius 1 is 1.19 bits per heavy atom. The zero-order chi connectivity index (χ0) is 18.4. The molecule has 0 amide bonds. The van der Waals surface area contributed by atoms with E-state index in [9.17, 15) is 13.2 Å². The van der Waals surface area contributed by atoms with Crippen molar-refractivity contribution in [3.63, 3.8) is 0 Å². The number of thiazole rings is 1. The topological polar surface area (TPSA) is 89.3 Å². The Kier molecular flexibility index (Phi) is 4.21. The molecule has 1 aromatic carbocycles. The molecule has 0 bridgehead atoms. The summed E-state index contributed by atoms with van der Waals surface area (Å²) in [7, 11) is -3.75. The molecular formula is C18H18N2O4S2. The summed E-state index contributed by atoms with van der Waals surface area (Å²) in [5.41, 5.74) is 0.157. The second-order valence-corrected chi connectivity index (χ2v) is 9.18. The van der Waals surface area contributed by atoms with E-state index in [0.717, 1.165) is 36.4 Å². The molecule has 26 heavy (non-hydrogen) atoms. The first-order valence-electron chi connectivity index (χ1n) is 8.39. The van der Waals surface area contributed by atoms with Crippen LogP contribution < -0.4 is 10.3 Å². The monoisotopic (exact) mass is 390 g/mol. The normalized spacial score (nSPS) is 17.0. The minimum absolute atomic E-state index is 0.151. The first-order valence-corrected chi connectivity index (χ1v) is 10.7. The number of benzene rings is 1. The van der Waals surface area contributed by atoms with Crippen LogP contribution in [-0.4, -0.2) is 13.4 Å². The SMILES string of the molecule is Cc1csc(C2(NS(=O)(=O)c3ccc4oc(=O)ccc4c3)CCCC2)n1. The van der Waals surface area contributed by atoms with E-state index in [-0.39, 0.29) is 4.90 Å². The van der Waals surface area contributed by atoms with Crippen LogP contribution in [0.25, 0.3) is 11.0 Å². The fraction of sp³-hybridized carbons (Fsp3) is 0.333. The number of hydrogen-bond acceptors (Lipinski definition) is 6. The summed E-state index contributed by atoms with van der Waals surface area (Å²) < 4.78 is 34.1. The molecule has 4 rings (SSSR count). The van der Waals surface area contributed by atoms with Gasteiger partial charge in [-0.15, -0.1) is 11.3 Å². The first kappa shape index (κ1) is 17.4. The van der Waals surface area contributed by atoms with Crippen molar-refractivity contribution >= 4 is 32.3 Å². The van der Waals surface area contributed by atoms with Gasteiger partial charge in [-0.25, -0.2) is 18.2 Å². The number of rotatable bonds is 4. The van der Waals surface area contributed by atoms with Crippen LogP contribution in [0.5, 0.6) is 0 Å². The van der Waals surface area contributed by atoms with Gasteiger partial charge in [-0.3, -0.25) is 0 Å². The minimum atomic E-state index is -3.75. The molecule has 1 aliphatic rings. The lowest BCUT2D eigenvalue weighted by molar-refractivity contribution is 0.402. The van der Waals surface area contributed by atoms with Crippen molar-refractivity contribution in [2.24, 2.45) is 0 Å². The van der Waals surface area contributed by atoms with Gasteiger partial charge in [-0.2, -0.15) is 4.72 Å². The van der Waals surface area contributed by atoms with Gasteiger partial charge >= 0.3 is 5.63 Å². The molecule has 136 valence electrons. The minimum Gasteiger partial charge on any atom is -0.423 e. The van der Waals surface area contributed by atoms with Crippen LogP contribution in [0.3, 0.4) is 0 Å². The summed E-state index contributed by atoms with van der Waals surface area (Å²) >= 11 is 1.50. The van der Waals surface area contributed by atoms with Gasteiger partial charge in [-0.1, -0.05) is 12.8 Å². The van der Waals surface area contributed by atoms with Gasteiger partial charge in [0.05, 0.1) is 10.4 Å². The van der Waals surface area contributed by atoms with E-state index in [1.807, 2.05) is 12.3 Å². The Balaban J connectivity index is 1.74. The molecule has 1 N–H and O–H groups in total. The van der Waals surface area contributed by atoms with Crippen molar-refractivity contribution < 1.29 is 12.8 Å². The predicted octanol–water partition coefficient (Wildman–Crippen LogP) is 3.31. The quantitative estimate of drug-likeness (QED) is 0.691. The molecule has 1 saturated carbocycles.